The van der Waals surface area contributed by atoms with Crippen molar-refractivity contribution in [1.82, 2.24) is 5.32 Å². The van der Waals surface area contributed by atoms with E-state index in [1.165, 1.54) is 16.0 Å². The maximum atomic E-state index is 11.4. The van der Waals surface area contributed by atoms with Crippen LogP contribution in [0.15, 0.2) is 23.1 Å². The van der Waals surface area contributed by atoms with Crippen LogP contribution < -0.4 is 11.1 Å². The Morgan fingerprint density at radius 3 is 2.78 bits per heavy atom. The molecule has 0 spiro atoms. The summed E-state index contributed by atoms with van der Waals surface area (Å²) in [6.45, 7) is 4.19. The Balaban J connectivity index is 1.93. The predicted molar refractivity (Wildman–Crippen MR) is 75.8 cm³/mol. The molecule has 98 valence electrons. The number of carbonyl (C=O) groups is 1. The molecule has 1 aromatic rings. The van der Waals surface area contributed by atoms with Gasteiger partial charge in [-0.1, -0.05) is 17.7 Å². The highest BCUT2D eigenvalue weighted by atomic mass is 32.2. The van der Waals surface area contributed by atoms with Crippen LogP contribution in [0.5, 0.6) is 0 Å². The van der Waals surface area contributed by atoms with Crippen molar-refractivity contribution in [1.29, 1.82) is 0 Å². The van der Waals surface area contributed by atoms with E-state index in [1.807, 2.05) is 0 Å². The minimum absolute atomic E-state index is 0.219. The first-order valence-corrected chi connectivity index (χ1v) is 7.30. The molecule has 1 aromatic carbocycles. The van der Waals surface area contributed by atoms with Crippen molar-refractivity contribution in [3.63, 3.8) is 0 Å². The Bertz CT molecular complexity index is 443. The molecule has 0 bridgehead atoms. The van der Waals surface area contributed by atoms with Crippen LogP contribution in [0.3, 0.4) is 0 Å². The van der Waals surface area contributed by atoms with Crippen LogP contribution in [-0.4, -0.2) is 23.7 Å². The average molecular weight is 264 g/mol. The molecule has 1 amide bonds. The van der Waals surface area contributed by atoms with Crippen LogP contribution in [0.4, 0.5) is 0 Å². The highest BCUT2D eigenvalue weighted by Crippen LogP contribution is 2.25. The normalized spacial score (nSPS) is 16.6. The number of hydrogen-bond acceptors (Lipinski definition) is 3. The summed E-state index contributed by atoms with van der Waals surface area (Å²) in [4.78, 5) is 12.6. The number of nitrogens with two attached hydrogens (primary N) is 1. The van der Waals surface area contributed by atoms with Gasteiger partial charge in [-0.2, -0.15) is 0 Å². The fraction of sp³-hybridized carbons (Fsp3) is 0.500. The highest BCUT2D eigenvalue weighted by molar-refractivity contribution is 7.99. The minimum Gasteiger partial charge on any atom is -0.368 e. The summed E-state index contributed by atoms with van der Waals surface area (Å²) in [5.41, 5.74) is 7.95. The van der Waals surface area contributed by atoms with Crippen LogP contribution in [-0.2, 0) is 4.79 Å². The van der Waals surface area contributed by atoms with Gasteiger partial charge >= 0.3 is 0 Å². The van der Waals surface area contributed by atoms with Crippen molar-refractivity contribution < 1.29 is 4.79 Å². The lowest BCUT2D eigenvalue weighted by Gasteiger charge is -2.15. The first kappa shape index (κ1) is 13.4. The SMILES string of the molecule is Cc1ccc(SCC(NC2CC2)C(N)=O)c(C)c1. The van der Waals surface area contributed by atoms with E-state index in [2.05, 4.69) is 37.4 Å². The number of thioether (sulfide) groups is 1. The average Bonchev–Trinajstić information content (AvgIpc) is 3.09. The van der Waals surface area contributed by atoms with E-state index in [-0.39, 0.29) is 11.9 Å². The summed E-state index contributed by atoms with van der Waals surface area (Å²) in [5.74, 6) is 0.453. The number of primary amides is 1. The van der Waals surface area contributed by atoms with Crippen molar-refractivity contribution in [2.45, 2.75) is 43.7 Å². The molecular weight excluding hydrogens is 244 g/mol. The molecule has 0 heterocycles. The molecule has 0 aliphatic heterocycles. The fourth-order valence-corrected chi connectivity index (χ4v) is 2.94. The van der Waals surface area contributed by atoms with E-state index >= 15 is 0 Å². The molecule has 18 heavy (non-hydrogen) atoms. The second-order valence-electron chi connectivity index (χ2n) is 4.98. The van der Waals surface area contributed by atoms with E-state index in [0.717, 1.165) is 12.8 Å². The maximum Gasteiger partial charge on any atom is 0.235 e. The fourth-order valence-electron chi connectivity index (χ4n) is 1.88. The van der Waals surface area contributed by atoms with Crippen LogP contribution in [0.25, 0.3) is 0 Å². The van der Waals surface area contributed by atoms with Crippen LogP contribution >= 0.6 is 11.8 Å². The predicted octanol–water partition coefficient (Wildman–Crippen LogP) is 2.00. The zero-order valence-corrected chi connectivity index (χ0v) is 11.7. The van der Waals surface area contributed by atoms with Crippen molar-refractivity contribution in [3.8, 4) is 0 Å². The quantitative estimate of drug-likeness (QED) is 0.773. The third-order valence-corrected chi connectivity index (χ3v) is 4.36. The Morgan fingerprint density at radius 1 is 1.50 bits per heavy atom. The summed E-state index contributed by atoms with van der Waals surface area (Å²) in [6.07, 6.45) is 2.33. The van der Waals surface area contributed by atoms with Gasteiger partial charge in [0.1, 0.15) is 0 Å². The molecular formula is C14H20N2OS. The van der Waals surface area contributed by atoms with E-state index in [9.17, 15) is 4.79 Å². The summed E-state index contributed by atoms with van der Waals surface area (Å²) >= 11 is 1.70. The summed E-state index contributed by atoms with van der Waals surface area (Å²) < 4.78 is 0. The molecule has 3 nitrogen and oxygen atoms in total. The van der Waals surface area contributed by atoms with Gasteiger partial charge in [0.25, 0.3) is 0 Å². The number of rotatable bonds is 6. The number of hydrogen-bond donors (Lipinski definition) is 2. The highest BCUT2D eigenvalue weighted by Gasteiger charge is 2.27. The first-order chi connectivity index (χ1) is 8.56. The van der Waals surface area contributed by atoms with Gasteiger partial charge in [0.15, 0.2) is 0 Å². The molecule has 3 N–H and O–H groups in total. The number of carbonyl (C=O) groups excluding carboxylic acids is 1. The van der Waals surface area contributed by atoms with E-state index in [1.54, 1.807) is 11.8 Å². The van der Waals surface area contributed by atoms with Gasteiger partial charge in [-0.25, -0.2) is 0 Å². The summed E-state index contributed by atoms with van der Waals surface area (Å²) in [5, 5.41) is 3.30. The van der Waals surface area contributed by atoms with Gasteiger partial charge in [0.2, 0.25) is 5.91 Å². The van der Waals surface area contributed by atoms with Crippen molar-refractivity contribution in [2.24, 2.45) is 5.73 Å². The molecule has 0 radical (unpaired) electrons. The maximum absolute atomic E-state index is 11.4. The minimum atomic E-state index is -0.251. The zero-order valence-electron chi connectivity index (χ0n) is 10.9. The Labute approximate surface area is 113 Å². The molecule has 0 saturated heterocycles. The van der Waals surface area contributed by atoms with Crippen molar-refractivity contribution >= 4 is 17.7 Å². The lowest BCUT2D eigenvalue weighted by Crippen LogP contribution is -2.44. The Kier molecular flexibility index (Phi) is 4.30. The van der Waals surface area contributed by atoms with E-state index < -0.39 is 0 Å². The third-order valence-electron chi connectivity index (χ3n) is 3.09. The molecule has 1 saturated carbocycles. The first-order valence-electron chi connectivity index (χ1n) is 6.31. The van der Waals surface area contributed by atoms with Crippen molar-refractivity contribution in [3.05, 3.63) is 29.3 Å². The molecule has 2 rings (SSSR count). The van der Waals surface area contributed by atoms with Crippen LogP contribution in [0.1, 0.15) is 24.0 Å². The second-order valence-corrected chi connectivity index (χ2v) is 6.04. The molecule has 1 fully saturated rings. The van der Waals surface area contributed by atoms with E-state index in [0.29, 0.717) is 11.8 Å². The Morgan fingerprint density at radius 2 is 2.22 bits per heavy atom. The smallest absolute Gasteiger partial charge is 0.235 e. The monoisotopic (exact) mass is 264 g/mol. The van der Waals surface area contributed by atoms with Gasteiger partial charge in [-0.3, -0.25) is 4.79 Å². The zero-order chi connectivity index (χ0) is 13.1. The van der Waals surface area contributed by atoms with Gasteiger partial charge in [-0.15, -0.1) is 11.8 Å². The number of benzene rings is 1. The lowest BCUT2D eigenvalue weighted by molar-refractivity contribution is -0.119. The van der Waals surface area contributed by atoms with Gasteiger partial charge < -0.3 is 11.1 Å². The molecule has 1 aliphatic rings. The second kappa shape index (κ2) is 5.76. The number of amides is 1. The third kappa shape index (κ3) is 3.75. The van der Waals surface area contributed by atoms with Gasteiger partial charge in [-0.05, 0) is 38.3 Å². The molecule has 0 aromatic heterocycles. The lowest BCUT2D eigenvalue weighted by atomic mass is 10.2. The number of nitrogens with one attached hydrogen (secondary N) is 1. The topological polar surface area (TPSA) is 55.1 Å². The van der Waals surface area contributed by atoms with Gasteiger partial charge in [0.05, 0.1) is 6.04 Å². The molecule has 1 unspecified atom stereocenters. The molecule has 1 atom stereocenters. The van der Waals surface area contributed by atoms with Gasteiger partial charge in [0, 0.05) is 16.7 Å². The van der Waals surface area contributed by atoms with Crippen LogP contribution in [0, 0.1) is 13.8 Å². The largest absolute Gasteiger partial charge is 0.368 e. The Hall–Kier alpha value is -1.00. The van der Waals surface area contributed by atoms with Crippen molar-refractivity contribution in [2.75, 3.05) is 5.75 Å². The van der Waals surface area contributed by atoms with E-state index in [4.69, 9.17) is 5.73 Å². The van der Waals surface area contributed by atoms with Crippen LogP contribution in [0.2, 0.25) is 0 Å². The summed E-state index contributed by atoms with van der Waals surface area (Å²) in [6, 6.07) is 6.66. The standard InChI is InChI=1S/C14H20N2OS/c1-9-3-6-13(10(2)7-9)18-8-12(14(15)17)16-11-4-5-11/h3,6-7,11-12,16H,4-5,8H2,1-2H3,(H2,15,17). The molecule has 4 heteroatoms. The molecule has 1 aliphatic carbocycles. The number of aryl methyl sites for hydroxylation is 2. The summed E-state index contributed by atoms with van der Waals surface area (Å²) in [7, 11) is 0.